The lowest BCUT2D eigenvalue weighted by Gasteiger charge is -2.18. The van der Waals surface area contributed by atoms with Crippen LogP contribution in [0.15, 0.2) is 36.4 Å². The maximum Gasteiger partial charge on any atom is 0.231 e. The van der Waals surface area contributed by atoms with E-state index in [1.54, 1.807) is 0 Å². The lowest BCUT2D eigenvalue weighted by molar-refractivity contribution is 0.0184. The van der Waals surface area contributed by atoms with Crippen molar-refractivity contribution in [3.8, 4) is 23.0 Å². The number of hydrogen-bond donors (Lipinski definition) is 0. The molecule has 6 nitrogen and oxygen atoms in total. The molecule has 6 heteroatoms. The van der Waals surface area contributed by atoms with Gasteiger partial charge >= 0.3 is 0 Å². The van der Waals surface area contributed by atoms with Gasteiger partial charge in [0.2, 0.25) is 13.6 Å². The van der Waals surface area contributed by atoms with Crippen LogP contribution in [0, 0.1) is 11.8 Å². The summed E-state index contributed by atoms with van der Waals surface area (Å²) in [6.07, 6.45) is -0.0240. The van der Waals surface area contributed by atoms with Crippen LogP contribution in [0.5, 0.6) is 23.0 Å². The van der Waals surface area contributed by atoms with Crippen LogP contribution >= 0.6 is 0 Å². The zero-order valence-corrected chi connectivity index (χ0v) is 14.1. The lowest BCUT2D eigenvalue weighted by atomic mass is 9.84. The molecule has 0 spiro atoms. The molecule has 0 saturated carbocycles. The van der Waals surface area contributed by atoms with Crippen LogP contribution in [-0.2, 0) is 9.47 Å². The second-order valence-corrected chi connectivity index (χ2v) is 7.03. The smallest absolute Gasteiger partial charge is 0.231 e. The average molecular weight is 354 g/mol. The maximum absolute atomic E-state index is 6.20. The number of hydrogen-bond acceptors (Lipinski definition) is 6. The molecule has 4 unspecified atom stereocenters. The first-order valence-corrected chi connectivity index (χ1v) is 8.90. The first-order valence-electron chi connectivity index (χ1n) is 8.90. The summed E-state index contributed by atoms with van der Waals surface area (Å²) in [6.45, 7) is 1.88. The number of benzene rings is 2. The van der Waals surface area contributed by atoms with Gasteiger partial charge in [-0.25, -0.2) is 0 Å². The molecule has 2 saturated heterocycles. The molecule has 4 atom stereocenters. The molecule has 2 fully saturated rings. The van der Waals surface area contributed by atoms with Gasteiger partial charge in [-0.3, -0.25) is 0 Å². The van der Waals surface area contributed by atoms with Gasteiger partial charge in [-0.15, -0.1) is 0 Å². The van der Waals surface area contributed by atoms with E-state index in [0.717, 1.165) is 34.1 Å². The van der Waals surface area contributed by atoms with E-state index < -0.39 is 0 Å². The second kappa shape index (κ2) is 5.53. The fraction of sp³-hybridized carbons (Fsp3) is 0.400. The standard InChI is InChI=1S/C20H18O6/c1-2-12(20-16(3-1)24-10-26-20)19-14-8-21-18(13(14)7-22-19)11-4-5-15-17(6-11)25-9-23-15/h1-6,13-14,18-19H,7-10H2. The van der Waals surface area contributed by atoms with Crippen LogP contribution in [0.25, 0.3) is 0 Å². The van der Waals surface area contributed by atoms with Crippen LogP contribution in [0.1, 0.15) is 23.3 Å². The molecule has 2 aromatic rings. The fourth-order valence-electron chi connectivity index (χ4n) is 4.48. The minimum Gasteiger partial charge on any atom is -0.454 e. The summed E-state index contributed by atoms with van der Waals surface area (Å²) in [4.78, 5) is 0. The molecule has 0 amide bonds. The Morgan fingerprint density at radius 3 is 2.42 bits per heavy atom. The molecule has 0 N–H and O–H groups in total. The van der Waals surface area contributed by atoms with Crippen LogP contribution in [0.3, 0.4) is 0 Å². The van der Waals surface area contributed by atoms with Gasteiger partial charge < -0.3 is 28.4 Å². The Kier molecular flexibility index (Phi) is 3.12. The maximum atomic E-state index is 6.20. The van der Waals surface area contributed by atoms with Gasteiger partial charge in [-0.2, -0.15) is 0 Å². The fourth-order valence-corrected chi connectivity index (χ4v) is 4.48. The van der Waals surface area contributed by atoms with Gasteiger partial charge in [0.15, 0.2) is 23.0 Å². The number of fused-ring (bicyclic) bond motifs is 3. The van der Waals surface area contributed by atoms with Crippen molar-refractivity contribution in [2.24, 2.45) is 11.8 Å². The Labute approximate surface area is 150 Å². The summed E-state index contributed by atoms with van der Waals surface area (Å²) in [7, 11) is 0. The molecule has 4 aliphatic heterocycles. The molecule has 0 radical (unpaired) electrons. The molecule has 26 heavy (non-hydrogen) atoms. The van der Waals surface area contributed by atoms with Gasteiger partial charge in [0.25, 0.3) is 0 Å². The van der Waals surface area contributed by atoms with Crippen molar-refractivity contribution in [2.45, 2.75) is 12.2 Å². The van der Waals surface area contributed by atoms with Gasteiger partial charge in [-0.05, 0) is 23.8 Å². The molecular formula is C20H18O6. The minimum absolute atomic E-state index is 0.00780. The van der Waals surface area contributed by atoms with E-state index in [2.05, 4.69) is 12.1 Å². The van der Waals surface area contributed by atoms with Crippen molar-refractivity contribution >= 4 is 0 Å². The zero-order valence-electron chi connectivity index (χ0n) is 14.1. The Bertz CT molecular complexity index is 865. The topological polar surface area (TPSA) is 55.4 Å². The van der Waals surface area contributed by atoms with Crippen molar-refractivity contribution < 1.29 is 28.4 Å². The zero-order chi connectivity index (χ0) is 17.1. The highest BCUT2D eigenvalue weighted by molar-refractivity contribution is 5.50. The average Bonchev–Trinajstić information content (AvgIpc) is 3.42. The predicted molar refractivity (Wildman–Crippen MR) is 89.5 cm³/mol. The Hall–Kier alpha value is -2.44. The van der Waals surface area contributed by atoms with E-state index in [-0.39, 0.29) is 25.8 Å². The molecule has 2 aromatic carbocycles. The van der Waals surface area contributed by atoms with Crippen molar-refractivity contribution in [2.75, 3.05) is 26.8 Å². The first-order chi connectivity index (χ1) is 12.9. The Morgan fingerprint density at radius 2 is 1.46 bits per heavy atom. The monoisotopic (exact) mass is 354 g/mol. The molecule has 6 rings (SSSR count). The quantitative estimate of drug-likeness (QED) is 0.825. The van der Waals surface area contributed by atoms with Crippen LogP contribution in [-0.4, -0.2) is 26.8 Å². The third-order valence-corrected chi connectivity index (χ3v) is 5.72. The highest BCUT2D eigenvalue weighted by Gasteiger charge is 2.49. The summed E-state index contributed by atoms with van der Waals surface area (Å²) in [6, 6.07) is 12.0. The van der Waals surface area contributed by atoms with Crippen molar-refractivity contribution in [1.82, 2.24) is 0 Å². The van der Waals surface area contributed by atoms with E-state index in [1.165, 1.54) is 0 Å². The van der Waals surface area contributed by atoms with E-state index in [0.29, 0.717) is 25.0 Å². The molecule has 0 aliphatic carbocycles. The number of rotatable bonds is 2. The lowest BCUT2D eigenvalue weighted by Crippen LogP contribution is -2.14. The molecule has 4 aliphatic rings. The van der Waals surface area contributed by atoms with Crippen molar-refractivity contribution in [3.63, 3.8) is 0 Å². The molecule has 4 heterocycles. The van der Waals surface area contributed by atoms with Gasteiger partial charge in [0, 0.05) is 17.4 Å². The van der Waals surface area contributed by atoms with E-state index >= 15 is 0 Å². The molecular weight excluding hydrogens is 336 g/mol. The highest BCUT2D eigenvalue weighted by atomic mass is 16.7. The van der Waals surface area contributed by atoms with Crippen molar-refractivity contribution in [1.29, 1.82) is 0 Å². The van der Waals surface area contributed by atoms with Gasteiger partial charge in [0.1, 0.15) is 0 Å². The molecule has 134 valence electrons. The van der Waals surface area contributed by atoms with Crippen LogP contribution in [0.2, 0.25) is 0 Å². The summed E-state index contributed by atoms with van der Waals surface area (Å²) in [5.74, 6) is 3.78. The minimum atomic E-state index is -0.0318. The second-order valence-electron chi connectivity index (χ2n) is 7.03. The normalized spacial score (nSPS) is 30.6. The SMILES string of the molecule is c1cc2c(c(C3OCC4C(c5ccc6c(c5)OCO6)OCC34)c1)OCO2. The summed E-state index contributed by atoms with van der Waals surface area (Å²) < 4.78 is 34.5. The summed E-state index contributed by atoms with van der Waals surface area (Å²) in [5.41, 5.74) is 2.17. The molecule has 0 aromatic heterocycles. The van der Waals surface area contributed by atoms with Gasteiger partial charge in [-0.1, -0.05) is 18.2 Å². The number of para-hydroxylation sites is 1. The van der Waals surface area contributed by atoms with Crippen LogP contribution in [0.4, 0.5) is 0 Å². The Balaban J connectivity index is 1.30. The summed E-state index contributed by atoms with van der Waals surface area (Å²) >= 11 is 0. The van der Waals surface area contributed by atoms with E-state index in [1.807, 2.05) is 24.3 Å². The highest BCUT2D eigenvalue weighted by Crippen LogP contribution is 2.53. The van der Waals surface area contributed by atoms with Crippen molar-refractivity contribution in [3.05, 3.63) is 47.5 Å². The summed E-state index contributed by atoms with van der Waals surface area (Å²) in [5, 5.41) is 0. The third kappa shape index (κ3) is 2.06. The predicted octanol–water partition coefficient (Wildman–Crippen LogP) is 3.22. The number of ether oxygens (including phenoxy) is 6. The largest absolute Gasteiger partial charge is 0.454 e. The first kappa shape index (κ1) is 14.7. The molecule has 0 bridgehead atoms. The third-order valence-electron chi connectivity index (χ3n) is 5.72. The van der Waals surface area contributed by atoms with Crippen LogP contribution < -0.4 is 18.9 Å². The van der Waals surface area contributed by atoms with E-state index in [9.17, 15) is 0 Å². The van der Waals surface area contributed by atoms with E-state index in [4.69, 9.17) is 28.4 Å². The Morgan fingerprint density at radius 1 is 0.692 bits per heavy atom. The van der Waals surface area contributed by atoms with Gasteiger partial charge in [0.05, 0.1) is 25.4 Å².